The summed E-state index contributed by atoms with van der Waals surface area (Å²) in [7, 11) is 1.67. The Morgan fingerprint density at radius 2 is 1.90 bits per heavy atom. The van der Waals surface area contributed by atoms with Crippen LogP contribution in [-0.2, 0) is 4.74 Å². The molecule has 1 rings (SSSR count). The Morgan fingerprint density at radius 3 is 2.43 bits per heavy atom. The predicted molar refractivity (Wildman–Crippen MR) is 80.6 cm³/mol. The van der Waals surface area contributed by atoms with E-state index >= 15 is 0 Å². The van der Waals surface area contributed by atoms with Crippen molar-refractivity contribution in [3.63, 3.8) is 0 Å². The molecule has 0 spiro atoms. The van der Waals surface area contributed by atoms with E-state index in [1.54, 1.807) is 31.4 Å². The zero-order valence-electron chi connectivity index (χ0n) is 12.7. The van der Waals surface area contributed by atoms with Crippen LogP contribution < -0.4 is 10.1 Å². The monoisotopic (exact) mass is 299 g/mol. The highest BCUT2D eigenvalue weighted by Crippen LogP contribution is 2.18. The fourth-order valence-electron chi connectivity index (χ4n) is 1.79. The predicted octanol–water partition coefficient (Wildman–Crippen LogP) is 3.56. The van der Waals surface area contributed by atoms with E-state index in [0.29, 0.717) is 12.5 Å². The third-order valence-corrected chi connectivity index (χ3v) is 3.01. The molecule has 0 saturated heterocycles. The highest BCUT2D eigenvalue weighted by Gasteiger charge is 2.05. The Bertz CT molecular complexity index is 430. The van der Waals surface area contributed by atoms with Gasteiger partial charge in [-0.05, 0) is 23.6 Å². The molecule has 0 amide bonds. The van der Waals surface area contributed by atoms with Crippen LogP contribution in [0.25, 0.3) is 6.08 Å². The van der Waals surface area contributed by atoms with Crippen molar-refractivity contribution < 1.29 is 18.3 Å². The Balaban J connectivity index is 2.66. The molecule has 0 radical (unpaired) electrons. The Kier molecular flexibility index (Phi) is 7.93. The smallest absolute Gasteiger partial charge is 0.387 e. The van der Waals surface area contributed by atoms with E-state index < -0.39 is 6.61 Å². The summed E-state index contributed by atoms with van der Waals surface area (Å²) in [5.74, 6) is 0.573. The Labute approximate surface area is 124 Å². The maximum absolute atomic E-state index is 12.1. The van der Waals surface area contributed by atoms with Gasteiger partial charge in [-0.25, -0.2) is 0 Å². The number of hydrogen-bond donors (Lipinski definition) is 1. The number of hydrogen-bond acceptors (Lipinski definition) is 3. The summed E-state index contributed by atoms with van der Waals surface area (Å²) in [5, 5.41) is 3.31. The van der Waals surface area contributed by atoms with Crippen LogP contribution in [0.4, 0.5) is 8.78 Å². The average Bonchev–Trinajstić information content (AvgIpc) is 2.43. The maximum Gasteiger partial charge on any atom is 0.387 e. The van der Waals surface area contributed by atoms with E-state index in [2.05, 4.69) is 30.0 Å². The van der Waals surface area contributed by atoms with E-state index in [1.807, 2.05) is 0 Å². The van der Waals surface area contributed by atoms with Gasteiger partial charge in [-0.1, -0.05) is 37.6 Å². The van der Waals surface area contributed by atoms with Crippen LogP contribution in [0, 0.1) is 5.92 Å². The van der Waals surface area contributed by atoms with Crippen molar-refractivity contribution in [2.24, 2.45) is 5.92 Å². The average molecular weight is 299 g/mol. The molecule has 0 aliphatic heterocycles. The summed E-state index contributed by atoms with van der Waals surface area (Å²) in [5.41, 5.74) is 2.21. The number of methoxy groups -OCH3 is 1. The first-order valence-corrected chi connectivity index (χ1v) is 6.98. The first-order chi connectivity index (χ1) is 10.0. The van der Waals surface area contributed by atoms with E-state index in [0.717, 1.165) is 18.7 Å². The molecule has 0 fully saturated rings. The summed E-state index contributed by atoms with van der Waals surface area (Å²) >= 11 is 0. The van der Waals surface area contributed by atoms with Gasteiger partial charge in [-0.2, -0.15) is 8.78 Å². The summed E-state index contributed by atoms with van der Waals surface area (Å²) in [6, 6.07) is 6.65. The molecule has 0 unspecified atom stereocenters. The largest absolute Gasteiger partial charge is 0.435 e. The topological polar surface area (TPSA) is 30.5 Å². The number of rotatable bonds is 9. The molecule has 118 valence electrons. The first-order valence-electron chi connectivity index (χ1n) is 6.98. The van der Waals surface area contributed by atoms with E-state index in [1.165, 1.54) is 5.57 Å². The summed E-state index contributed by atoms with van der Waals surface area (Å²) in [6.07, 6.45) is 2.07. The van der Waals surface area contributed by atoms with Crippen LogP contribution in [0.2, 0.25) is 0 Å². The molecule has 5 heteroatoms. The number of ether oxygens (including phenoxy) is 2. The molecule has 0 atom stereocenters. The minimum Gasteiger partial charge on any atom is -0.435 e. The zero-order valence-corrected chi connectivity index (χ0v) is 12.7. The van der Waals surface area contributed by atoms with Gasteiger partial charge >= 0.3 is 6.61 Å². The lowest BCUT2D eigenvalue weighted by molar-refractivity contribution is -0.0498. The summed E-state index contributed by atoms with van der Waals surface area (Å²) < 4.78 is 33.5. The summed E-state index contributed by atoms with van der Waals surface area (Å²) in [6.45, 7) is 3.70. The molecule has 1 N–H and O–H groups in total. The molecular weight excluding hydrogens is 276 g/mol. The molecule has 0 aliphatic rings. The molecule has 0 aromatic heterocycles. The minimum atomic E-state index is -2.79. The van der Waals surface area contributed by atoms with Crippen molar-refractivity contribution in [1.29, 1.82) is 0 Å². The maximum atomic E-state index is 12.1. The van der Waals surface area contributed by atoms with Gasteiger partial charge in [0.2, 0.25) is 0 Å². The molecule has 0 bridgehead atoms. The molecular formula is C16H23F2NO2. The number of halogens is 2. The van der Waals surface area contributed by atoms with Gasteiger partial charge in [0.05, 0.1) is 6.61 Å². The molecule has 1 aromatic rings. The van der Waals surface area contributed by atoms with Gasteiger partial charge in [0.25, 0.3) is 0 Å². The lowest BCUT2D eigenvalue weighted by atomic mass is 10.00. The highest BCUT2D eigenvalue weighted by atomic mass is 19.3. The van der Waals surface area contributed by atoms with Crippen molar-refractivity contribution >= 4 is 6.08 Å². The second kappa shape index (κ2) is 9.47. The van der Waals surface area contributed by atoms with Crippen LogP contribution in [0.5, 0.6) is 5.75 Å². The number of nitrogens with one attached hydrogen (secondary N) is 1. The third-order valence-electron chi connectivity index (χ3n) is 3.01. The van der Waals surface area contributed by atoms with Crippen LogP contribution in [-0.4, -0.2) is 33.4 Å². The molecule has 0 heterocycles. The van der Waals surface area contributed by atoms with Gasteiger partial charge < -0.3 is 14.8 Å². The van der Waals surface area contributed by atoms with Crippen molar-refractivity contribution in [3.05, 3.63) is 35.4 Å². The van der Waals surface area contributed by atoms with Crippen LogP contribution in [0.1, 0.15) is 19.4 Å². The third kappa shape index (κ3) is 7.20. The molecule has 0 saturated carbocycles. The molecule has 0 aliphatic carbocycles. The van der Waals surface area contributed by atoms with Crippen LogP contribution >= 0.6 is 0 Å². The lowest BCUT2D eigenvalue weighted by Crippen LogP contribution is -2.23. The van der Waals surface area contributed by atoms with Gasteiger partial charge in [0.15, 0.2) is 0 Å². The van der Waals surface area contributed by atoms with Crippen molar-refractivity contribution in [2.75, 3.05) is 26.8 Å². The Hall–Kier alpha value is -1.46. The molecule has 3 nitrogen and oxygen atoms in total. The standard InChI is InChI=1S/C16H23F2NO2/c1-12(2)14(11-19-8-9-20-3)10-13-4-6-15(7-5-13)21-16(17)18/h4-7,10,12,16,19H,8-9,11H2,1-3H3. The van der Waals surface area contributed by atoms with E-state index in [9.17, 15) is 8.78 Å². The van der Waals surface area contributed by atoms with Crippen LogP contribution in [0.3, 0.4) is 0 Å². The SMILES string of the molecule is COCCNCC(=Cc1ccc(OC(F)F)cc1)C(C)C. The van der Waals surface area contributed by atoms with Gasteiger partial charge in [0, 0.05) is 20.2 Å². The quantitative estimate of drug-likeness (QED) is 0.707. The number of benzene rings is 1. The van der Waals surface area contributed by atoms with Crippen molar-refractivity contribution in [1.82, 2.24) is 5.32 Å². The van der Waals surface area contributed by atoms with E-state index in [4.69, 9.17) is 4.74 Å². The normalized spacial score (nSPS) is 12.2. The molecule has 21 heavy (non-hydrogen) atoms. The highest BCUT2D eigenvalue weighted by molar-refractivity contribution is 5.54. The van der Waals surface area contributed by atoms with Crippen molar-refractivity contribution in [2.45, 2.75) is 20.5 Å². The van der Waals surface area contributed by atoms with Crippen LogP contribution in [0.15, 0.2) is 29.8 Å². The fourth-order valence-corrected chi connectivity index (χ4v) is 1.79. The van der Waals surface area contributed by atoms with Gasteiger partial charge in [-0.15, -0.1) is 0 Å². The summed E-state index contributed by atoms with van der Waals surface area (Å²) in [4.78, 5) is 0. The minimum absolute atomic E-state index is 0.173. The zero-order chi connectivity index (χ0) is 15.7. The van der Waals surface area contributed by atoms with Gasteiger partial charge in [-0.3, -0.25) is 0 Å². The first kappa shape index (κ1) is 17.6. The Morgan fingerprint density at radius 1 is 1.24 bits per heavy atom. The number of alkyl halides is 2. The van der Waals surface area contributed by atoms with Crippen molar-refractivity contribution in [3.8, 4) is 5.75 Å². The second-order valence-corrected chi connectivity index (χ2v) is 4.99. The fraction of sp³-hybridized carbons (Fsp3) is 0.500. The molecule has 1 aromatic carbocycles. The van der Waals surface area contributed by atoms with Gasteiger partial charge in [0.1, 0.15) is 5.75 Å². The lowest BCUT2D eigenvalue weighted by Gasteiger charge is -2.13. The second-order valence-electron chi connectivity index (χ2n) is 4.99. The van der Waals surface area contributed by atoms with E-state index in [-0.39, 0.29) is 5.75 Å².